The fourth-order valence-electron chi connectivity index (χ4n) is 2.30. The van der Waals surface area contributed by atoms with E-state index in [-0.39, 0.29) is 28.7 Å². The Balaban J connectivity index is 1.79. The molecule has 9 heteroatoms. The minimum Gasteiger partial charge on any atom is -0.508 e. The quantitative estimate of drug-likeness (QED) is 0.377. The molecule has 0 bridgehead atoms. The zero-order chi connectivity index (χ0) is 19.2. The topological polar surface area (TPSA) is 127 Å². The highest BCUT2D eigenvalue weighted by Gasteiger charge is 2.14. The molecule has 3 rings (SSSR count). The standard InChI is InChI=1S/C18H13N3O6/c22-14-3-1-4-15(11-14)26-19-20-27-17-6-2-5-16(23)18(17)12-7-9-13(10-8-12)21(24)25/h1-11,22-23H. The first-order valence-corrected chi connectivity index (χ1v) is 7.65. The van der Waals surface area contributed by atoms with Crippen LogP contribution in [-0.2, 0) is 0 Å². The van der Waals surface area contributed by atoms with Crippen molar-refractivity contribution in [2.45, 2.75) is 0 Å². The third kappa shape index (κ3) is 4.28. The van der Waals surface area contributed by atoms with Crippen molar-refractivity contribution < 1.29 is 24.8 Å². The van der Waals surface area contributed by atoms with Gasteiger partial charge in [-0.15, -0.1) is 0 Å². The molecule has 0 spiro atoms. The van der Waals surface area contributed by atoms with E-state index in [1.165, 1.54) is 42.5 Å². The first kappa shape index (κ1) is 17.7. The van der Waals surface area contributed by atoms with E-state index >= 15 is 0 Å². The molecule has 0 heterocycles. The van der Waals surface area contributed by atoms with Gasteiger partial charge in [0.05, 0.1) is 21.0 Å². The predicted octanol–water partition coefficient (Wildman–Crippen LogP) is 4.41. The zero-order valence-electron chi connectivity index (χ0n) is 13.7. The van der Waals surface area contributed by atoms with Crippen molar-refractivity contribution in [3.8, 4) is 34.1 Å². The molecule has 2 N–H and O–H groups in total. The second-order valence-corrected chi connectivity index (χ2v) is 5.30. The highest BCUT2D eigenvalue weighted by atomic mass is 16.7. The number of non-ortho nitro benzene ring substituents is 1. The number of hydrogen-bond donors (Lipinski definition) is 2. The van der Waals surface area contributed by atoms with Gasteiger partial charge in [0, 0.05) is 18.2 Å². The van der Waals surface area contributed by atoms with Crippen LogP contribution in [0.25, 0.3) is 11.1 Å². The molecule has 0 atom stereocenters. The van der Waals surface area contributed by atoms with Gasteiger partial charge in [0.15, 0.2) is 11.5 Å². The van der Waals surface area contributed by atoms with Crippen molar-refractivity contribution in [3.05, 3.63) is 76.8 Å². The minimum atomic E-state index is -0.515. The Kier molecular flexibility index (Phi) is 5.12. The first-order chi connectivity index (χ1) is 13.0. The summed E-state index contributed by atoms with van der Waals surface area (Å²) < 4.78 is 0. The number of nitro benzene ring substituents is 1. The van der Waals surface area contributed by atoms with E-state index in [2.05, 4.69) is 10.6 Å². The van der Waals surface area contributed by atoms with E-state index in [9.17, 15) is 20.3 Å². The SMILES string of the molecule is O=[N+]([O-])c1ccc(-c2c(O)cccc2ON=NOc2cccc(O)c2)cc1. The molecule has 3 aromatic carbocycles. The average Bonchev–Trinajstić information content (AvgIpc) is 2.65. The second kappa shape index (κ2) is 7.83. The third-order valence-electron chi connectivity index (χ3n) is 3.51. The fraction of sp³-hybridized carbons (Fsp3) is 0. The van der Waals surface area contributed by atoms with E-state index in [4.69, 9.17) is 9.68 Å². The molecule has 3 aromatic rings. The van der Waals surface area contributed by atoms with Crippen molar-refractivity contribution in [2.75, 3.05) is 0 Å². The zero-order valence-corrected chi connectivity index (χ0v) is 13.7. The van der Waals surface area contributed by atoms with Crippen LogP contribution in [0.4, 0.5) is 5.69 Å². The van der Waals surface area contributed by atoms with Gasteiger partial charge in [0.1, 0.15) is 11.5 Å². The van der Waals surface area contributed by atoms with Crippen molar-refractivity contribution in [3.63, 3.8) is 0 Å². The number of aromatic hydroxyl groups is 2. The van der Waals surface area contributed by atoms with Gasteiger partial charge >= 0.3 is 0 Å². The van der Waals surface area contributed by atoms with Crippen molar-refractivity contribution in [1.82, 2.24) is 0 Å². The molecule has 0 unspecified atom stereocenters. The summed E-state index contributed by atoms with van der Waals surface area (Å²) in [7, 11) is 0. The number of hydrogen-bond acceptors (Lipinski definition) is 8. The van der Waals surface area contributed by atoms with Gasteiger partial charge in [-0.2, -0.15) is 0 Å². The Morgan fingerprint density at radius 3 is 2.30 bits per heavy atom. The Bertz CT molecular complexity index is 989. The molecule has 0 radical (unpaired) electrons. The molecule has 0 aliphatic carbocycles. The lowest BCUT2D eigenvalue weighted by molar-refractivity contribution is -0.384. The van der Waals surface area contributed by atoms with Crippen LogP contribution in [0.15, 0.2) is 77.3 Å². The van der Waals surface area contributed by atoms with Crippen LogP contribution < -0.4 is 9.68 Å². The maximum absolute atomic E-state index is 10.8. The smallest absolute Gasteiger partial charge is 0.269 e. The second-order valence-electron chi connectivity index (χ2n) is 5.30. The summed E-state index contributed by atoms with van der Waals surface area (Å²) in [4.78, 5) is 20.4. The van der Waals surface area contributed by atoms with E-state index in [1.54, 1.807) is 24.3 Å². The lowest BCUT2D eigenvalue weighted by Gasteiger charge is -2.08. The normalized spacial score (nSPS) is 10.7. The number of phenolic OH excluding ortho intramolecular Hbond substituents is 2. The maximum atomic E-state index is 10.8. The molecule has 0 aliphatic rings. The Hall–Kier alpha value is -4.14. The minimum absolute atomic E-state index is 0.0112. The van der Waals surface area contributed by atoms with Crippen LogP contribution >= 0.6 is 0 Å². The van der Waals surface area contributed by atoms with Gasteiger partial charge < -0.3 is 19.9 Å². The molecular weight excluding hydrogens is 354 g/mol. The van der Waals surface area contributed by atoms with Crippen molar-refractivity contribution in [2.24, 2.45) is 10.6 Å². The summed E-state index contributed by atoms with van der Waals surface area (Å²) in [5.41, 5.74) is 0.720. The lowest BCUT2D eigenvalue weighted by atomic mass is 10.0. The maximum Gasteiger partial charge on any atom is 0.269 e. The molecule has 0 fully saturated rings. The molecular formula is C18H13N3O6. The van der Waals surface area contributed by atoms with Gasteiger partial charge in [-0.1, -0.05) is 12.1 Å². The molecule has 0 aromatic heterocycles. The molecule has 0 amide bonds. The molecule has 27 heavy (non-hydrogen) atoms. The van der Waals surface area contributed by atoms with Gasteiger partial charge in [0.2, 0.25) is 0 Å². The Morgan fingerprint density at radius 2 is 1.59 bits per heavy atom. The number of phenols is 2. The van der Waals surface area contributed by atoms with Crippen LogP contribution in [0.3, 0.4) is 0 Å². The van der Waals surface area contributed by atoms with E-state index in [0.29, 0.717) is 11.1 Å². The number of nitrogens with zero attached hydrogens (tertiary/aromatic N) is 3. The van der Waals surface area contributed by atoms with E-state index < -0.39 is 4.92 Å². The largest absolute Gasteiger partial charge is 0.508 e. The van der Waals surface area contributed by atoms with Crippen LogP contribution in [0.1, 0.15) is 0 Å². The molecule has 0 saturated carbocycles. The molecule has 0 aliphatic heterocycles. The van der Waals surface area contributed by atoms with E-state index in [0.717, 1.165) is 0 Å². The predicted molar refractivity (Wildman–Crippen MR) is 94.4 cm³/mol. The first-order valence-electron chi connectivity index (χ1n) is 7.65. The molecule has 9 nitrogen and oxygen atoms in total. The van der Waals surface area contributed by atoms with Crippen LogP contribution in [0.5, 0.6) is 23.0 Å². The van der Waals surface area contributed by atoms with Crippen LogP contribution in [0, 0.1) is 10.1 Å². The molecule has 136 valence electrons. The van der Waals surface area contributed by atoms with Gasteiger partial charge in [-0.3, -0.25) is 10.1 Å². The van der Waals surface area contributed by atoms with Gasteiger partial charge in [-0.25, -0.2) is 0 Å². The summed E-state index contributed by atoms with van der Waals surface area (Å²) in [6, 6.07) is 16.1. The third-order valence-corrected chi connectivity index (χ3v) is 3.51. The lowest BCUT2D eigenvalue weighted by Crippen LogP contribution is -1.91. The van der Waals surface area contributed by atoms with E-state index in [1.807, 2.05) is 0 Å². The average molecular weight is 367 g/mol. The highest BCUT2D eigenvalue weighted by Crippen LogP contribution is 2.38. The van der Waals surface area contributed by atoms with Crippen LogP contribution in [0.2, 0.25) is 0 Å². The van der Waals surface area contributed by atoms with Gasteiger partial charge in [-0.05, 0) is 42.0 Å². The number of nitro groups is 1. The Labute approximate surface area is 152 Å². The van der Waals surface area contributed by atoms with Gasteiger partial charge in [0.25, 0.3) is 5.69 Å². The summed E-state index contributed by atoms with van der Waals surface area (Å²) in [5.74, 6) is 0.350. The molecule has 0 saturated heterocycles. The monoisotopic (exact) mass is 367 g/mol. The van der Waals surface area contributed by atoms with Crippen LogP contribution in [-0.4, -0.2) is 15.1 Å². The summed E-state index contributed by atoms with van der Waals surface area (Å²) in [6.07, 6.45) is 0. The summed E-state index contributed by atoms with van der Waals surface area (Å²) in [5, 5.41) is 37.1. The number of benzene rings is 3. The number of rotatable bonds is 6. The highest BCUT2D eigenvalue weighted by molar-refractivity contribution is 5.77. The Morgan fingerprint density at radius 1 is 0.889 bits per heavy atom. The fourth-order valence-corrected chi connectivity index (χ4v) is 2.30. The summed E-state index contributed by atoms with van der Waals surface area (Å²) in [6.45, 7) is 0. The van der Waals surface area contributed by atoms with Crippen molar-refractivity contribution >= 4 is 5.69 Å². The van der Waals surface area contributed by atoms with Crippen molar-refractivity contribution in [1.29, 1.82) is 0 Å². The summed E-state index contributed by atoms with van der Waals surface area (Å²) >= 11 is 0.